The van der Waals surface area contributed by atoms with E-state index in [2.05, 4.69) is 10.6 Å². The maximum atomic E-state index is 11.9. The van der Waals surface area contributed by atoms with E-state index < -0.39 is 5.60 Å². The average Bonchev–Trinajstić information content (AvgIpc) is 2.28. The Morgan fingerprint density at radius 3 is 2.32 bits per heavy atom. The monoisotopic (exact) mass is 262 g/mol. The third-order valence-electron chi connectivity index (χ3n) is 3.78. The first-order valence-corrected chi connectivity index (χ1v) is 6.75. The van der Waals surface area contributed by atoms with Gasteiger partial charge in [-0.15, -0.1) is 0 Å². The van der Waals surface area contributed by atoms with Crippen LogP contribution >= 0.6 is 0 Å². The van der Waals surface area contributed by atoms with Crippen LogP contribution < -0.4 is 10.6 Å². The fraction of sp³-hybridized carbons (Fsp3) is 0.533. The Labute approximate surface area is 114 Å². The highest BCUT2D eigenvalue weighted by Crippen LogP contribution is 2.30. The number of aliphatic hydroxyl groups is 1. The van der Waals surface area contributed by atoms with Gasteiger partial charge in [0.05, 0.1) is 5.60 Å². The van der Waals surface area contributed by atoms with Crippen LogP contribution in [-0.4, -0.2) is 23.3 Å². The number of hydrogen-bond donors (Lipinski definition) is 3. The van der Waals surface area contributed by atoms with Crippen molar-refractivity contribution in [3.05, 3.63) is 28.8 Å². The molecule has 0 unspecified atom stereocenters. The number of aryl methyl sites for hydroxylation is 3. The average molecular weight is 262 g/mol. The van der Waals surface area contributed by atoms with Crippen molar-refractivity contribution >= 4 is 11.7 Å². The molecular weight excluding hydrogens is 240 g/mol. The molecule has 0 atom stereocenters. The zero-order valence-corrected chi connectivity index (χ0v) is 11.8. The van der Waals surface area contributed by atoms with E-state index in [0.717, 1.165) is 36.1 Å². The van der Waals surface area contributed by atoms with E-state index in [1.165, 1.54) is 5.56 Å². The third kappa shape index (κ3) is 3.26. The molecule has 19 heavy (non-hydrogen) atoms. The van der Waals surface area contributed by atoms with Gasteiger partial charge in [-0.25, -0.2) is 4.79 Å². The molecule has 0 radical (unpaired) electrons. The molecule has 0 aliphatic heterocycles. The fourth-order valence-corrected chi connectivity index (χ4v) is 2.54. The summed E-state index contributed by atoms with van der Waals surface area (Å²) in [6.45, 7) is 6.32. The van der Waals surface area contributed by atoms with Gasteiger partial charge in [-0.2, -0.15) is 0 Å². The predicted molar refractivity (Wildman–Crippen MR) is 76.5 cm³/mol. The van der Waals surface area contributed by atoms with Gasteiger partial charge < -0.3 is 15.7 Å². The van der Waals surface area contributed by atoms with Gasteiger partial charge in [-0.3, -0.25) is 0 Å². The zero-order valence-electron chi connectivity index (χ0n) is 11.8. The highest BCUT2D eigenvalue weighted by molar-refractivity contribution is 5.91. The maximum absolute atomic E-state index is 11.9. The highest BCUT2D eigenvalue weighted by Gasteiger charge is 2.34. The van der Waals surface area contributed by atoms with Crippen molar-refractivity contribution in [2.75, 3.05) is 11.9 Å². The van der Waals surface area contributed by atoms with Gasteiger partial charge in [-0.05, 0) is 51.2 Å². The van der Waals surface area contributed by atoms with Gasteiger partial charge in [-0.1, -0.05) is 17.7 Å². The Morgan fingerprint density at radius 1 is 1.26 bits per heavy atom. The van der Waals surface area contributed by atoms with Gasteiger partial charge in [0.2, 0.25) is 0 Å². The Balaban J connectivity index is 1.95. The van der Waals surface area contributed by atoms with Crippen LogP contribution in [-0.2, 0) is 0 Å². The summed E-state index contributed by atoms with van der Waals surface area (Å²) in [5.74, 6) is 0. The number of urea groups is 1. The van der Waals surface area contributed by atoms with Crippen molar-refractivity contribution in [2.45, 2.75) is 45.6 Å². The number of hydrogen-bond acceptors (Lipinski definition) is 2. The first-order valence-electron chi connectivity index (χ1n) is 6.75. The molecule has 0 spiro atoms. The summed E-state index contributed by atoms with van der Waals surface area (Å²) in [4.78, 5) is 11.9. The number of carbonyl (C=O) groups excluding carboxylic acids is 1. The third-order valence-corrected chi connectivity index (χ3v) is 3.78. The lowest BCUT2D eigenvalue weighted by molar-refractivity contribution is -0.0287. The van der Waals surface area contributed by atoms with Crippen LogP contribution in [0.25, 0.3) is 0 Å². The van der Waals surface area contributed by atoms with Crippen LogP contribution in [0, 0.1) is 20.8 Å². The molecule has 4 nitrogen and oxygen atoms in total. The molecule has 1 saturated carbocycles. The standard InChI is InChI=1S/C15H22N2O2/c1-10-7-11(2)13(12(3)8-10)17-14(18)16-9-15(19)5-4-6-15/h7-8,19H,4-6,9H2,1-3H3,(H2,16,17,18). The zero-order chi connectivity index (χ0) is 14.0. The lowest BCUT2D eigenvalue weighted by Gasteiger charge is -2.36. The Bertz CT molecular complexity index is 470. The van der Waals surface area contributed by atoms with Crippen LogP contribution in [0.2, 0.25) is 0 Å². The van der Waals surface area contributed by atoms with Crippen LogP contribution in [0.15, 0.2) is 12.1 Å². The molecule has 1 aromatic carbocycles. The quantitative estimate of drug-likeness (QED) is 0.784. The maximum Gasteiger partial charge on any atom is 0.319 e. The molecule has 0 saturated heterocycles. The summed E-state index contributed by atoms with van der Waals surface area (Å²) in [6, 6.07) is 3.83. The minimum atomic E-state index is -0.686. The normalized spacial score (nSPS) is 16.6. The van der Waals surface area contributed by atoms with Crippen molar-refractivity contribution in [3.63, 3.8) is 0 Å². The number of rotatable bonds is 3. The molecule has 0 bridgehead atoms. The minimum absolute atomic E-state index is 0.254. The molecule has 2 amide bonds. The molecule has 1 aliphatic rings. The lowest BCUT2D eigenvalue weighted by Crippen LogP contribution is -2.48. The highest BCUT2D eigenvalue weighted by atomic mass is 16.3. The van der Waals surface area contributed by atoms with Gasteiger partial charge >= 0.3 is 6.03 Å². The van der Waals surface area contributed by atoms with Crippen molar-refractivity contribution in [2.24, 2.45) is 0 Å². The molecule has 4 heteroatoms. The number of anilines is 1. The van der Waals surface area contributed by atoms with E-state index >= 15 is 0 Å². The van der Waals surface area contributed by atoms with E-state index in [1.54, 1.807) is 0 Å². The Kier molecular flexibility index (Phi) is 3.80. The van der Waals surface area contributed by atoms with E-state index in [9.17, 15) is 9.90 Å². The van der Waals surface area contributed by atoms with Crippen molar-refractivity contribution in [3.8, 4) is 0 Å². The first-order chi connectivity index (χ1) is 8.89. The summed E-state index contributed by atoms with van der Waals surface area (Å²) in [6.07, 6.45) is 2.59. The second-order valence-electron chi connectivity index (χ2n) is 5.66. The number of amides is 2. The Hall–Kier alpha value is -1.55. The van der Waals surface area contributed by atoms with E-state index in [0.29, 0.717) is 6.54 Å². The second kappa shape index (κ2) is 5.21. The smallest absolute Gasteiger partial charge is 0.319 e. The Morgan fingerprint density at radius 2 is 1.84 bits per heavy atom. The van der Waals surface area contributed by atoms with Crippen LogP contribution in [0.1, 0.15) is 36.0 Å². The summed E-state index contributed by atoms with van der Waals surface area (Å²) >= 11 is 0. The second-order valence-corrected chi connectivity index (χ2v) is 5.66. The molecule has 2 rings (SSSR count). The van der Waals surface area contributed by atoms with Crippen molar-refractivity contribution < 1.29 is 9.90 Å². The SMILES string of the molecule is Cc1cc(C)c(NC(=O)NCC2(O)CCC2)c(C)c1. The predicted octanol–water partition coefficient (Wildman–Crippen LogP) is 2.65. The minimum Gasteiger partial charge on any atom is -0.388 e. The molecule has 1 fully saturated rings. The van der Waals surface area contributed by atoms with Crippen LogP contribution in [0.5, 0.6) is 0 Å². The van der Waals surface area contributed by atoms with E-state index in [1.807, 2.05) is 32.9 Å². The summed E-state index contributed by atoms with van der Waals surface area (Å²) in [7, 11) is 0. The lowest BCUT2D eigenvalue weighted by atomic mass is 9.80. The van der Waals surface area contributed by atoms with Crippen LogP contribution in [0.4, 0.5) is 10.5 Å². The van der Waals surface area contributed by atoms with Gasteiger partial charge in [0.15, 0.2) is 0 Å². The summed E-state index contributed by atoms with van der Waals surface area (Å²) < 4.78 is 0. The number of nitrogens with one attached hydrogen (secondary N) is 2. The van der Waals surface area contributed by atoms with Gasteiger partial charge in [0, 0.05) is 12.2 Å². The van der Waals surface area contributed by atoms with E-state index in [4.69, 9.17) is 0 Å². The fourth-order valence-electron chi connectivity index (χ4n) is 2.54. The molecule has 1 aliphatic carbocycles. The molecule has 104 valence electrons. The van der Waals surface area contributed by atoms with E-state index in [-0.39, 0.29) is 6.03 Å². The number of carbonyl (C=O) groups is 1. The molecule has 1 aromatic rings. The molecule has 0 aromatic heterocycles. The topological polar surface area (TPSA) is 61.4 Å². The summed E-state index contributed by atoms with van der Waals surface area (Å²) in [5.41, 5.74) is 3.45. The molecule has 3 N–H and O–H groups in total. The largest absolute Gasteiger partial charge is 0.388 e. The summed E-state index contributed by atoms with van der Waals surface area (Å²) in [5, 5.41) is 15.5. The van der Waals surface area contributed by atoms with Gasteiger partial charge in [0.25, 0.3) is 0 Å². The molecule has 0 heterocycles. The number of benzene rings is 1. The van der Waals surface area contributed by atoms with Gasteiger partial charge in [0.1, 0.15) is 0 Å². The molecular formula is C15H22N2O2. The van der Waals surface area contributed by atoms with Crippen molar-refractivity contribution in [1.29, 1.82) is 0 Å². The van der Waals surface area contributed by atoms with Crippen molar-refractivity contribution in [1.82, 2.24) is 5.32 Å². The van der Waals surface area contributed by atoms with Crippen LogP contribution in [0.3, 0.4) is 0 Å². The first kappa shape index (κ1) is 13.9.